The SMILES string of the molecule is O=C1C2CCCC3OC4CCCCC4N(C4CC5C(C(=O)C6CCCC7OC8CCCCC8N5C76)C(N(c5ccccc5)c5ccccc5)C14)C32. The van der Waals surface area contributed by atoms with Gasteiger partial charge in [0.15, 0.2) is 0 Å². The van der Waals surface area contributed by atoms with E-state index >= 15 is 9.59 Å². The minimum absolute atomic E-state index is 0.0167. The fraction of sp³-hybridized carbons (Fsp3) is 0.682. The number of ether oxygens (including phenoxy) is 2. The van der Waals surface area contributed by atoms with Crippen molar-refractivity contribution in [3.8, 4) is 0 Å². The van der Waals surface area contributed by atoms with Crippen LogP contribution in [0.4, 0.5) is 11.4 Å². The highest BCUT2D eigenvalue weighted by Gasteiger charge is 2.69. The van der Waals surface area contributed by atoms with Crippen molar-refractivity contribution in [2.75, 3.05) is 4.90 Å². The van der Waals surface area contributed by atoms with Gasteiger partial charge in [-0.1, -0.05) is 74.9 Å². The molecule has 5 saturated carbocycles. The summed E-state index contributed by atoms with van der Waals surface area (Å²) in [7, 11) is 0. The van der Waals surface area contributed by atoms with Crippen LogP contribution >= 0.6 is 0 Å². The molecule has 11 rings (SSSR count). The van der Waals surface area contributed by atoms with Gasteiger partial charge in [0, 0.05) is 59.5 Å². The van der Waals surface area contributed by atoms with Gasteiger partial charge in [0.05, 0.1) is 42.3 Å². The van der Waals surface area contributed by atoms with Gasteiger partial charge >= 0.3 is 0 Å². The Morgan fingerprint density at radius 1 is 0.490 bits per heavy atom. The molecule has 0 spiro atoms. The molecular weight excluding hydrogens is 635 g/mol. The lowest BCUT2D eigenvalue weighted by atomic mass is 9.55. The molecule has 5 aliphatic carbocycles. The number of carbonyl (C=O) groups is 2. The fourth-order valence-electron chi connectivity index (χ4n) is 14.0. The number of carbonyl (C=O) groups excluding carboxylic acids is 2. The molecule has 51 heavy (non-hydrogen) atoms. The van der Waals surface area contributed by atoms with Gasteiger partial charge in [0.1, 0.15) is 11.6 Å². The molecule has 7 heteroatoms. The number of hydrogen-bond acceptors (Lipinski definition) is 7. The highest BCUT2D eigenvalue weighted by molar-refractivity contribution is 5.93. The second-order valence-electron chi connectivity index (χ2n) is 17.8. The molecule has 4 saturated heterocycles. The van der Waals surface area contributed by atoms with Crippen molar-refractivity contribution >= 4 is 22.9 Å². The minimum atomic E-state index is -0.240. The van der Waals surface area contributed by atoms with E-state index in [1.54, 1.807) is 0 Å². The number of morpholine rings is 2. The number of fused-ring (bicyclic) bond motifs is 8. The number of para-hydroxylation sites is 2. The van der Waals surface area contributed by atoms with Crippen LogP contribution in [0.5, 0.6) is 0 Å². The first kappa shape index (κ1) is 31.9. The van der Waals surface area contributed by atoms with E-state index in [4.69, 9.17) is 9.47 Å². The molecule has 270 valence electrons. The fourth-order valence-corrected chi connectivity index (χ4v) is 14.0. The molecule has 4 aliphatic heterocycles. The molecule has 2 aromatic rings. The van der Waals surface area contributed by atoms with Gasteiger partial charge in [-0.2, -0.15) is 0 Å². The lowest BCUT2D eigenvalue weighted by Crippen LogP contribution is -2.81. The third kappa shape index (κ3) is 4.76. The van der Waals surface area contributed by atoms with Crippen molar-refractivity contribution in [1.82, 2.24) is 9.80 Å². The van der Waals surface area contributed by atoms with Crippen LogP contribution in [-0.4, -0.2) is 88.1 Å². The van der Waals surface area contributed by atoms with Crippen LogP contribution < -0.4 is 4.90 Å². The van der Waals surface area contributed by atoms with Crippen LogP contribution in [0.2, 0.25) is 0 Å². The molecule has 14 atom stereocenters. The summed E-state index contributed by atoms with van der Waals surface area (Å²) in [6, 6.07) is 22.6. The lowest BCUT2D eigenvalue weighted by molar-refractivity contribution is -0.244. The maximum absolute atomic E-state index is 15.6. The third-order valence-corrected chi connectivity index (χ3v) is 15.7. The summed E-state index contributed by atoms with van der Waals surface area (Å²) in [5, 5.41) is 0. The van der Waals surface area contributed by atoms with E-state index in [0.29, 0.717) is 23.7 Å². The van der Waals surface area contributed by atoms with Crippen molar-refractivity contribution < 1.29 is 19.1 Å². The van der Waals surface area contributed by atoms with E-state index in [0.717, 1.165) is 82.0 Å². The molecule has 2 aromatic carbocycles. The van der Waals surface area contributed by atoms with Gasteiger partial charge in [0.2, 0.25) is 0 Å². The van der Waals surface area contributed by atoms with Crippen LogP contribution in [0.15, 0.2) is 60.7 Å². The largest absolute Gasteiger partial charge is 0.372 e. The Morgan fingerprint density at radius 2 is 0.922 bits per heavy atom. The quantitative estimate of drug-likeness (QED) is 0.341. The van der Waals surface area contributed by atoms with Crippen molar-refractivity contribution in [3.05, 3.63) is 60.7 Å². The average Bonchev–Trinajstić information content (AvgIpc) is 3.18. The first-order chi connectivity index (χ1) is 25.2. The second kappa shape index (κ2) is 12.5. The molecule has 9 aliphatic rings. The summed E-state index contributed by atoms with van der Waals surface area (Å²) in [4.78, 5) is 39.6. The van der Waals surface area contributed by atoms with Gasteiger partial charge in [-0.15, -0.1) is 0 Å². The molecule has 9 fully saturated rings. The van der Waals surface area contributed by atoms with E-state index in [-0.39, 0.29) is 78.3 Å². The number of rotatable bonds is 3. The first-order valence-electron chi connectivity index (χ1n) is 21.0. The number of Topliss-reactive ketones (excluding diaryl/α,β-unsaturated/α-hetero) is 2. The lowest BCUT2D eigenvalue weighted by Gasteiger charge is -2.69. The number of hydrogen-bond donors (Lipinski definition) is 0. The maximum atomic E-state index is 15.6. The van der Waals surface area contributed by atoms with E-state index in [2.05, 4.69) is 75.4 Å². The molecule has 4 heterocycles. The molecular formula is C44H55N3O4. The Morgan fingerprint density at radius 3 is 1.39 bits per heavy atom. The maximum Gasteiger partial charge on any atom is 0.144 e. The van der Waals surface area contributed by atoms with E-state index < -0.39 is 0 Å². The van der Waals surface area contributed by atoms with Crippen molar-refractivity contribution in [1.29, 1.82) is 0 Å². The van der Waals surface area contributed by atoms with E-state index in [1.807, 2.05) is 0 Å². The summed E-state index contributed by atoms with van der Waals surface area (Å²) in [5.74, 6) is 0.371. The Bertz CT molecular complexity index is 1520. The Labute approximate surface area is 303 Å². The third-order valence-electron chi connectivity index (χ3n) is 15.7. The van der Waals surface area contributed by atoms with Gasteiger partial charge < -0.3 is 14.4 Å². The molecule has 0 amide bonds. The molecule has 0 radical (unpaired) electrons. The van der Waals surface area contributed by atoms with Gasteiger partial charge in [-0.05, 0) is 82.1 Å². The van der Waals surface area contributed by atoms with Crippen LogP contribution in [0.25, 0.3) is 0 Å². The van der Waals surface area contributed by atoms with Crippen LogP contribution in [0, 0.1) is 23.7 Å². The zero-order chi connectivity index (χ0) is 33.8. The van der Waals surface area contributed by atoms with Gasteiger partial charge in [-0.25, -0.2) is 0 Å². The number of benzene rings is 2. The van der Waals surface area contributed by atoms with Gasteiger partial charge in [-0.3, -0.25) is 19.4 Å². The summed E-state index contributed by atoms with van der Waals surface area (Å²) < 4.78 is 14.0. The molecule has 0 bridgehead atoms. The summed E-state index contributed by atoms with van der Waals surface area (Å²) in [5.41, 5.74) is 2.19. The first-order valence-corrected chi connectivity index (χ1v) is 21.0. The summed E-state index contributed by atoms with van der Waals surface area (Å²) in [6.07, 6.45) is 17.4. The van der Waals surface area contributed by atoms with Crippen LogP contribution in [0.1, 0.15) is 96.3 Å². The molecule has 0 aromatic heterocycles. The topological polar surface area (TPSA) is 62.3 Å². The smallest absolute Gasteiger partial charge is 0.144 e. The number of piperidine rings is 2. The van der Waals surface area contributed by atoms with Crippen molar-refractivity contribution in [2.24, 2.45) is 23.7 Å². The summed E-state index contributed by atoms with van der Waals surface area (Å²) >= 11 is 0. The zero-order valence-corrected chi connectivity index (χ0v) is 30.0. The predicted octanol–water partition coefficient (Wildman–Crippen LogP) is 7.09. The van der Waals surface area contributed by atoms with Crippen molar-refractivity contribution in [3.63, 3.8) is 0 Å². The summed E-state index contributed by atoms with van der Waals surface area (Å²) in [6.45, 7) is 0. The number of anilines is 2. The second-order valence-corrected chi connectivity index (χ2v) is 17.8. The Balaban J connectivity index is 1.13. The van der Waals surface area contributed by atoms with E-state index in [1.165, 1.54) is 25.7 Å². The number of ketones is 2. The monoisotopic (exact) mass is 689 g/mol. The molecule has 0 N–H and O–H groups in total. The van der Waals surface area contributed by atoms with E-state index in [9.17, 15) is 0 Å². The van der Waals surface area contributed by atoms with Crippen LogP contribution in [-0.2, 0) is 19.1 Å². The minimum Gasteiger partial charge on any atom is -0.372 e. The van der Waals surface area contributed by atoms with Crippen molar-refractivity contribution in [2.45, 2.75) is 163 Å². The highest BCUT2D eigenvalue weighted by atomic mass is 16.5. The highest BCUT2D eigenvalue weighted by Crippen LogP contribution is 2.58. The normalized spacial score (nSPS) is 46.0. The zero-order valence-electron chi connectivity index (χ0n) is 30.0. The predicted molar refractivity (Wildman–Crippen MR) is 196 cm³/mol. The van der Waals surface area contributed by atoms with Crippen LogP contribution in [0.3, 0.4) is 0 Å². The Kier molecular flexibility index (Phi) is 7.82. The van der Waals surface area contributed by atoms with Gasteiger partial charge in [0.25, 0.3) is 0 Å². The average molecular weight is 690 g/mol. The number of nitrogens with zero attached hydrogens (tertiary/aromatic N) is 3. The molecule has 7 nitrogen and oxygen atoms in total. The molecule has 14 unspecified atom stereocenters. The standard InChI is InChI=1S/C44H55N3O4/c48-43-28-17-11-23-36-40(28)46(30-19-7-9-21-34(30)50-36)32-25-33-39(42(38(32)43)45(26-13-3-1-4-14-26)27-15-5-2-6-16-27)44(49)29-18-12-24-37-41(29)47(33)31-20-8-10-22-35(31)51-37/h1-6,13-16,28-42H,7-12,17-25H2. The Hall–Kier alpha value is -2.58.